The molecule has 9 heteroatoms. The molecule has 0 aromatic carbocycles. The lowest BCUT2D eigenvalue weighted by Gasteiger charge is -2.26. The fraction of sp³-hybridized carbons (Fsp3) is 0.375. The molecule has 1 atom stereocenters. The molecule has 0 amide bonds. The van der Waals surface area contributed by atoms with Gasteiger partial charge in [0.25, 0.3) is 0 Å². The van der Waals surface area contributed by atoms with Gasteiger partial charge in [0, 0.05) is 31.3 Å². The molecule has 2 N–H and O–H groups in total. The number of pyridine rings is 1. The molecule has 25 heavy (non-hydrogen) atoms. The van der Waals surface area contributed by atoms with Crippen LogP contribution in [0.2, 0.25) is 0 Å². The lowest BCUT2D eigenvalue weighted by atomic mass is 9.73. The van der Waals surface area contributed by atoms with Crippen molar-refractivity contribution in [1.82, 2.24) is 4.98 Å². The predicted octanol–water partition coefficient (Wildman–Crippen LogP) is 0.641. The highest BCUT2D eigenvalue weighted by Gasteiger charge is 2.53. The van der Waals surface area contributed by atoms with Crippen LogP contribution in [-0.2, 0) is 23.9 Å². The zero-order valence-electron chi connectivity index (χ0n) is 13.6. The first-order chi connectivity index (χ1) is 11.6. The minimum atomic E-state index is -2.68. The number of Topliss-reactive ketones (excluding diaryl/α,β-unsaturated/α-hetero) is 2. The molecule has 0 saturated heterocycles. The van der Waals surface area contributed by atoms with Crippen molar-refractivity contribution >= 4 is 29.5 Å². The standard InChI is InChI=1S/C16H17NO8/c1-9-5-11(7-17-6-9)14(22)16(15(23)24,4-3-13(20)21)12(19)8-25-10(2)18/h5-7H,3-4,8H2,1-2H3,(H,20,21)(H,23,24). The molecule has 0 saturated carbocycles. The van der Waals surface area contributed by atoms with Crippen LogP contribution in [0.15, 0.2) is 18.5 Å². The maximum Gasteiger partial charge on any atom is 0.325 e. The van der Waals surface area contributed by atoms with Gasteiger partial charge in [-0.15, -0.1) is 0 Å². The Kier molecular flexibility index (Phi) is 6.49. The van der Waals surface area contributed by atoms with Gasteiger partial charge in [-0.2, -0.15) is 0 Å². The SMILES string of the molecule is CC(=O)OCC(=O)C(CCC(=O)O)(C(=O)O)C(=O)c1cncc(C)c1. The van der Waals surface area contributed by atoms with E-state index in [1.54, 1.807) is 6.92 Å². The first-order valence-corrected chi connectivity index (χ1v) is 7.19. The highest BCUT2D eigenvalue weighted by Crippen LogP contribution is 2.31. The van der Waals surface area contributed by atoms with Crippen LogP contribution in [0.1, 0.15) is 35.7 Å². The van der Waals surface area contributed by atoms with Gasteiger partial charge in [-0.25, -0.2) is 0 Å². The number of aryl methyl sites for hydroxylation is 1. The van der Waals surface area contributed by atoms with Crippen molar-refractivity contribution in [3.63, 3.8) is 0 Å². The number of hydrogen-bond acceptors (Lipinski definition) is 7. The van der Waals surface area contributed by atoms with E-state index in [1.807, 2.05) is 0 Å². The average Bonchev–Trinajstić information content (AvgIpc) is 2.52. The van der Waals surface area contributed by atoms with E-state index >= 15 is 0 Å². The second kappa shape index (κ2) is 8.13. The molecular weight excluding hydrogens is 334 g/mol. The Hall–Kier alpha value is -3.10. The van der Waals surface area contributed by atoms with E-state index in [4.69, 9.17) is 5.11 Å². The fourth-order valence-corrected chi connectivity index (χ4v) is 2.21. The second-order valence-electron chi connectivity index (χ2n) is 5.39. The van der Waals surface area contributed by atoms with E-state index in [0.29, 0.717) is 5.56 Å². The fourth-order valence-electron chi connectivity index (χ4n) is 2.21. The summed E-state index contributed by atoms with van der Waals surface area (Å²) in [6, 6.07) is 1.34. The summed E-state index contributed by atoms with van der Waals surface area (Å²) in [6.45, 7) is 1.68. The first kappa shape index (κ1) is 19.9. The molecule has 9 nitrogen and oxygen atoms in total. The molecule has 1 heterocycles. The molecule has 0 radical (unpaired) electrons. The number of hydrogen-bond donors (Lipinski definition) is 2. The molecule has 0 fully saturated rings. The first-order valence-electron chi connectivity index (χ1n) is 7.19. The topological polar surface area (TPSA) is 148 Å². The molecule has 134 valence electrons. The number of ether oxygens (including phenoxy) is 1. The molecule has 0 aliphatic rings. The molecule has 1 aromatic rings. The van der Waals surface area contributed by atoms with Gasteiger partial charge in [0.15, 0.2) is 23.6 Å². The van der Waals surface area contributed by atoms with Crippen LogP contribution < -0.4 is 0 Å². The lowest BCUT2D eigenvalue weighted by molar-refractivity contribution is -0.158. The number of aliphatic carboxylic acids is 2. The van der Waals surface area contributed by atoms with Gasteiger partial charge >= 0.3 is 17.9 Å². The van der Waals surface area contributed by atoms with Crippen molar-refractivity contribution < 1.29 is 38.9 Å². The Labute approximate surface area is 142 Å². The molecule has 0 aliphatic carbocycles. The maximum atomic E-state index is 12.8. The largest absolute Gasteiger partial charge is 0.481 e. The summed E-state index contributed by atoms with van der Waals surface area (Å²) in [5.74, 6) is -6.33. The summed E-state index contributed by atoms with van der Waals surface area (Å²) in [4.78, 5) is 62.6. The number of esters is 1. The minimum absolute atomic E-state index is 0.149. The number of aromatic nitrogens is 1. The zero-order chi connectivity index (χ0) is 19.2. The van der Waals surface area contributed by atoms with Gasteiger partial charge in [0.1, 0.15) is 0 Å². The van der Waals surface area contributed by atoms with Gasteiger partial charge in [-0.1, -0.05) is 0 Å². The van der Waals surface area contributed by atoms with Crippen molar-refractivity contribution in [3.8, 4) is 0 Å². The average molecular weight is 351 g/mol. The van der Waals surface area contributed by atoms with E-state index in [0.717, 1.165) is 13.1 Å². The summed E-state index contributed by atoms with van der Waals surface area (Å²) < 4.78 is 4.51. The van der Waals surface area contributed by atoms with Crippen LogP contribution in [0.5, 0.6) is 0 Å². The van der Waals surface area contributed by atoms with Crippen molar-refractivity contribution in [2.45, 2.75) is 26.7 Å². The van der Waals surface area contributed by atoms with Crippen molar-refractivity contribution in [3.05, 3.63) is 29.6 Å². The van der Waals surface area contributed by atoms with Gasteiger partial charge in [0.05, 0.1) is 0 Å². The summed E-state index contributed by atoms with van der Waals surface area (Å²) in [7, 11) is 0. The Morgan fingerprint density at radius 1 is 1.16 bits per heavy atom. The normalized spacial score (nSPS) is 12.7. The molecule has 0 spiro atoms. The third kappa shape index (κ3) is 4.69. The van der Waals surface area contributed by atoms with E-state index in [2.05, 4.69) is 9.72 Å². The van der Waals surface area contributed by atoms with Gasteiger partial charge in [-0.05, 0) is 25.0 Å². The molecule has 1 unspecified atom stereocenters. The Balaban J connectivity index is 3.38. The Morgan fingerprint density at radius 3 is 2.28 bits per heavy atom. The molecule has 0 aliphatic heterocycles. The number of carbonyl (C=O) groups excluding carboxylic acids is 3. The van der Waals surface area contributed by atoms with Crippen LogP contribution in [0.3, 0.4) is 0 Å². The van der Waals surface area contributed by atoms with Gasteiger partial charge in [0.2, 0.25) is 0 Å². The molecule has 1 rings (SSSR count). The number of rotatable bonds is 9. The van der Waals surface area contributed by atoms with Crippen LogP contribution in [0.4, 0.5) is 0 Å². The Morgan fingerprint density at radius 2 is 1.80 bits per heavy atom. The zero-order valence-corrected chi connectivity index (χ0v) is 13.6. The van der Waals surface area contributed by atoms with Crippen LogP contribution in [0.25, 0.3) is 0 Å². The minimum Gasteiger partial charge on any atom is -0.481 e. The highest BCUT2D eigenvalue weighted by molar-refractivity contribution is 6.27. The van der Waals surface area contributed by atoms with E-state index < -0.39 is 54.3 Å². The number of ketones is 2. The quantitative estimate of drug-likeness (QED) is 0.371. The van der Waals surface area contributed by atoms with Crippen molar-refractivity contribution in [2.75, 3.05) is 6.61 Å². The lowest BCUT2D eigenvalue weighted by Crippen LogP contribution is -2.48. The number of carbonyl (C=O) groups is 5. The summed E-state index contributed by atoms with van der Waals surface area (Å²) in [5, 5.41) is 18.4. The number of carboxylic acid groups (broad SMARTS) is 2. The highest BCUT2D eigenvalue weighted by atomic mass is 16.5. The van der Waals surface area contributed by atoms with Crippen molar-refractivity contribution in [2.24, 2.45) is 5.41 Å². The van der Waals surface area contributed by atoms with Crippen LogP contribution in [0, 0.1) is 12.3 Å². The monoisotopic (exact) mass is 351 g/mol. The molecule has 0 bridgehead atoms. The van der Waals surface area contributed by atoms with Crippen molar-refractivity contribution in [1.29, 1.82) is 0 Å². The van der Waals surface area contributed by atoms with Gasteiger partial charge in [-0.3, -0.25) is 29.0 Å². The van der Waals surface area contributed by atoms with Crippen LogP contribution >= 0.6 is 0 Å². The maximum absolute atomic E-state index is 12.8. The summed E-state index contributed by atoms with van der Waals surface area (Å²) >= 11 is 0. The smallest absolute Gasteiger partial charge is 0.325 e. The van der Waals surface area contributed by atoms with Crippen LogP contribution in [-0.4, -0.2) is 51.3 Å². The number of nitrogens with zero attached hydrogens (tertiary/aromatic N) is 1. The summed E-state index contributed by atoms with van der Waals surface area (Å²) in [6.07, 6.45) is 1.01. The Bertz CT molecular complexity index is 727. The van der Waals surface area contributed by atoms with E-state index in [9.17, 15) is 29.1 Å². The van der Waals surface area contributed by atoms with E-state index in [1.165, 1.54) is 12.3 Å². The molecule has 1 aromatic heterocycles. The third-order valence-corrected chi connectivity index (χ3v) is 3.49. The predicted molar refractivity (Wildman–Crippen MR) is 81.9 cm³/mol. The van der Waals surface area contributed by atoms with E-state index in [-0.39, 0.29) is 5.56 Å². The summed E-state index contributed by atoms with van der Waals surface area (Å²) in [5.41, 5.74) is -2.27. The number of carboxylic acids is 2. The van der Waals surface area contributed by atoms with Gasteiger partial charge < -0.3 is 14.9 Å². The second-order valence-corrected chi connectivity index (χ2v) is 5.39. The molecular formula is C16H17NO8. The third-order valence-electron chi connectivity index (χ3n) is 3.49.